The number of rotatable bonds is 7. The maximum atomic E-state index is 12.5. The van der Waals surface area contributed by atoms with Crippen LogP contribution in [0.4, 0.5) is 0 Å². The van der Waals surface area contributed by atoms with Crippen LogP contribution in [0.3, 0.4) is 0 Å². The summed E-state index contributed by atoms with van der Waals surface area (Å²) in [5.74, 6) is -0.760. The number of thioether (sulfide) groups is 1. The van der Waals surface area contributed by atoms with Crippen LogP contribution in [-0.2, 0) is 14.3 Å². The second-order valence-corrected chi connectivity index (χ2v) is 7.79. The van der Waals surface area contributed by atoms with Gasteiger partial charge in [0.15, 0.2) is 0 Å². The van der Waals surface area contributed by atoms with Gasteiger partial charge in [-0.1, -0.05) is 53.5 Å². The van der Waals surface area contributed by atoms with Crippen molar-refractivity contribution in [1.82, 2.24) is 5.32 Å². The Morgan fingerprint density at radius 2 is 1.88 bits per heavy atom. The molecule has 0 saturated heterocycles. The average Bonchev–Trinajstić information content (AvgIpc) is 3.45. The van der Waals surface area contributed by atoms with Crippen LogP contribution in [-0.4, -0.2) is 23.7 Å². The molecule has 0 radical (unpaired) electrons. The van der Waals surface area contributed by atoms with E-state index in [0.29, 0.717) is 20.5 Å². The van der Waals surface area contributed by atoms with E-state index in [4.69, 9.17) is 27.9 Å². The number of amides is 1. The summed E-state index contributed by atoms with van der Waals surface area (Å²) in [6.07, 6.45) is 0.967. The fourth-order valence-corrected chi connectivity index (χ4v) is 3.57. The lowest BCUT2D eigenvalue weighted by Gasteiger charge is -2.18. The third-order valence-electron chi connectivity index (χ3n) is 3.75. The summed E-state index contributed by atoms with van der Waals surface area (Å²) in [4.78, 5) is 25.5. The molecule has 7 heteroatoms. The number of halogens is 2. The van der Waals surface area contributed by atoms with Crippen LogP contribution in [0.2, 0.25) is 10.0 Å². The molecule has 0 spiro atoms. The lowest BCUT2D eigenvalue weighted by molar-refractivity contribution is -0.154. The average molecular weight is 410 g/mol. The molecule has 0 aliphatic heterocycles. The van der Waals surface area contributed by atoms with Gasteiger partial charge in [0.05, 0.1) is 10.8 Å². The molecule has 1 aliphatic carbocycles. The lowest BCUT2D eigenvalue weighted by atomic mass is 10.1. The summed E-state index contributed by atoms with van der Waals surface area (Å²) in [5.41, 5.74) is 0.643. The first-order valence-electron chi connectivity index (χ1n) is 8.15. The van der Waals surface area contributed by atoms with Crippen molar-refractivity contribution in [3.63, 3.8) is 0 Å². The summed E-state index contributed by atoms with van der Waals surface area (Å²) in [5, 5.41) is 3.94. The molecule has 26 heavy (non-hydrogen) atoms. The van der Waals surface area contributed by atoms with Gasteiger partial charge in [-0.2, -0.15) is 0 Å². The van der Waals surface area contributed by atoms with E-state index in [1.165, 1.54) is 11.8 Å². The fourth-order valence-electron chi connectivity index (χ4n) is 2.30. The quantitative estimate of drug-likeness (QED) is 0.534. The zero-order valence-corrected chi connectivity index (χ0v) is 16.1. The molecule has 1 amide bonds. The van der Waals surface area contributed by atoms with Gasteiger partial charge in [-0.15, -0.1) is 11.8 Å². The molecule has 2 aromatic rings. The molecule has 2 aromatic carbocycles. The van der Waals surface area contributed by atoms with Gasteiger partial charge in [0.2, 0.25) is 6.10 Å². The monoisotopic (exact) mass is 409 g/mol. The van der Waals surface area contributed by atoms with Crippen LogP contribution >= 0.6 is 35.0 Å². The van der Waals surface area contributed by atoms with Gasteiger partial charge in [0.1, 0.15) is 0 Å². The molecule has 0 unspecified atom stereocenters. The van der Waals surface area contributed by atoms with E-state index >= 15 is 0 Å². The van der Waals surface area contributed by atoms with Crippen LogP contribution in [0.15, 0.2) is 53.4 Å². The minimum atomic E-state index is -0.959. The van der Waals surface area contributed by atoms with Gasteiger partial charge in [-0.25, -0.2) is 0 Å². The Kier molecular flexibility index (Phi) is 6.46. The molecule has 1 fully saturated rings. The van der Waals surface area contributed by atoms with Gasteiger partial charge in [-0.05, 0) is 31.0 Å². The van der Waals surface area contributed by atoms with Gasteiger partial charge in [0, 0.05) is 21.5 Å². The molecule has 0 aromatic heterocycles. The van der Waals surface area contributed by atoms with Gasteiger partial charge >= 0.3 is 5.97 Å². The molecule has 1 saturated carbocycles. The Morgan fingerprint density at radius 1 is 1.15 bits per heavy atom. The standard InChI is InChI=1S/C19H17Cl2NO3S/c20-13-6-9-15(21)16(10-13)26-11-17(23)25-18(12-4-2-1-3-5-12)19(24)22-14-7-8-14/h1-6,9-10,14,18H,7-8,11H2,(H,22,24)/t18-/m1/s1. The number of ether oxygens (including phenoxy) is 1. The summed E-state index contributed by atoms with van der Waals surface area (Å²) in [6, 6.07) is 14.2. The van der Waals surface area contributed by atoms with Gasteiger partial charge in [0.25, 0.3) is 5.91 Å². The van der Waals surface area contributed by atoms with Crippen molar-refractivity contribution < 1.29 is 14.3 Å². The minimum absolute atomic E-state index is 0.0279. The second kappa shape index (κ2) is 8.80. The number of nitrogens with one attached hydrogen (secondary N) is 1. The van der Waals surface area contributed by atoms with Gasteiger partial charge in [-0.3, -0.25) is 9.59 Å². The van der Waals surface area contributed by atoms with Crippen LogP contribution in [0.1, 0.15) is 24.5 Å². The second-order valence-electron chi connectivity index (χ2n) is 5.93. The summed E-state index contributed by atoms with van der Waals surface area (Å²) >= 11 is 13.3. The number of carbonyl (C=O) groups excluding carboxylic acids is 2. The first-order valence-corrected chi connectivity index (χ1v) is 9.90. The van der Waals surface area contributed by atoms with Crippen molar-refractivity contribution in [3.05, 3.63) is 64.1 Å². The Bertz CT molecular complexity index is 797. The first kappa shape index (κ1) is 19.1. The van der Waals surface area contributed by atoms with Crippen molar-refractivity contribution in [2.24, 2.45) is 0 Å². The Labute approximate surface area is 166 Å². The normalized spacial score (nSPS) is 14.5. The number of hydrogen-bond donors (Lipinski definition) is 1. The molecule has 136 valence electrons. The zero-order chi connectivity index (χ0) is 18.5. The lowest BCUT2D eigenvalue weighted by Crippen LogP contribution is -2.33. The van der Waals surface area contributed by atoms with Crippen molar-refractivity contribution in [1.29, 1.82) is 0 Å². The highest BCUT2D eigenvalue weighted by atomic mass is 35.5. The van der Waals surface area contributed by atoms with E-state index < -0.39 is 12.1 Å². The molecule has 1 N–H and O–H groups in total. The third kappa shape index (κ3) is 5.40. The Balaban J connectivity index is 1.64. The van der Waals surface area contributed by atoms with Gasteiger partial charge < -0.3 is 10.1 Å². The molecule has 1 atom stereocenters. The van der Waals surface area contributed by atoms with Crippen LogP contribution < -0.4 is 5.32 Å². The summed E-state index contributed by atoms with van der Waals surface area (Å²) in [7, 11) is 0. The number of esters is 1. The van der Waals surface area contributed by atoms with Crippen LogP contribution in [0.25, 0.3) is 0 Å². The molecule has 0 heterocycles. The van der Waals surface area contributed by atoms with Crippen molar-refractivity contribution in [2.75, 3.05) is 5.75 Å². The van der Waals surface area contributed by atoms with Crippen molar-refractivity contribution in [2.45, 2.75) is 29.9 Å². The Morgan fingerprint density at radius 3 is 2.58 bits per heavy atom. The van der Waals surface area contributed by atoms with E-state index in [-0.39, 0.29) is 17.7 Å². The van der Waals surface area contributed by atoms with Crippen LogP contribution in [0, 0.1) is 0 Å². The molecule has 1 aliphatic rings. The summed E-state index contributed by atoms with van der Waals surface area (Å²) < 4.78 is 5.47. The highest BCUT2D eigenvalue weighted by Gasteiger charge is 2.30. The van der Waals surface area contributed by atoms with E-state index in [2.05, 4.69) is 5.32 Å². The van der Waals surface area contributed by atoms with E-state index in [0.717, 1.165) is 12.8 Å². The van der Waals surface area contributed by atoms with Crippen molar-refractivity contribution >= 4 is 46.8 Å². The highest BCUT2D eigenvalue weighted by Crippen LogP contribution is 2.30. The predicted molar refractivity (Wildman–Crippen MR) is 104 cm³/mol. The summed E-state index contributed by atoms with van der Waals surface area (Å²) in [6.45, 7) is 0. The third-order valence-corrected chi connectivity index (χ3v) is 5.46. The molecule has 3 rings (SSSR count). The maximum absolute atomic E-state index is 12.5. The van der Waals surface area contributed by atoms with Crippen LogP contribution in [0.5, 0.6) is 0 Å². The number of benzene rings is 2. The smallest absolute Gasteiger partial charge is 0.317 e. The minimum Gasteiger partial charge on any atom is -0.447 e. The number of hydrogen-bond acceptors (Lipinski definition) is 4. The largest absolute Gasteiger partial charge is 0.447 e. The highest BCUT2D eigenvalue weighted by molar-refractivity contribution is 8.00. The van der Waals surface area contributed by atoms with Crippen molar-refractivity contribution in [3.8, 4) is 0 Å². The van der Waals surface area contributed by atoms with E-state index in [1.54, 1.807) is 42.5 Å². The molecular formula is C19H17Cl2NO3S. The van der Waals surface area contributed by atoms with E-state index in [1.807, 2.05) is 6.07 Å². The zero-order valence-electron chi connectivity index (χ0n) is 13.8. The SMILES string of the molecule is O=C(CSc1cc(Cl)ccc1Cl)O[C@@H](C(=O)NC1CC1)c1ccccc1. The fraction of sp³-hybridized carbons (Fsp3) is 0.263. The number of carbonyl (C=O) groups is 2. The molecule has 4 nitrogen and oxygen atoms in total. The Hall–Kier alpha value is -1.69. The molecule has 0 bridgehead atoms. The van der Waals surface area contributed by atoms with E-state index in [9.17, 15) is 9.59 Å². The molecular weight excluding hydrogens is 393 g/mol. The maximum Gasteiger partial charge on any atom is 0.317 e. The topological polar surface area (TPSA) is 55.4 Å². The predicted octanol–water partition coefficient (Wildman–Crippen LogP) is 4.65. The first-order chi connectivity index (χ1) is 12.5.